The van der Waals surface area contributed by atoms with Gasteiger partial charge in [0.25, 0.3) is 0 Å². The van der Waals surface area contributed by atoms with Crippen molar-refractivity contribution < 1.29 is 10.2 Å². The Morgan fingerprint density at radius 1 is 1.10 bits per heavy atom. The molecule has 1 aromatic heterocycles. The van der Waals surface area contributed by atoms with Crippen LogP contribution >= 0.6 is 0 Å². The van der Waals surface area contributed by atoms with E-state index in [0.717, 1.165) is 31.3 Å². The van der Waals surface area contributed by atoms with Crippen LogP contribution in [-0.2, 0) is 0 Å². The largest absolute Gasteiger partial charge is 0.390 e. The molecule has 2 saturated carbocycles. The van der Waals surface area contributed by atoms with Gasteiger partial charge in [0.2, 0.25) is 0 Å². The van der Waals surface area contributed by atoms with E-state index in [-0.39, 0.29) is 10.8 Å². The first-order chi connectivity index (χ1) is 13.9. The average Bonchev–Trinajstić information content (AvgIpc) is 3.09. The van der Waals surface area contributed by atoms with Gasteiger partial charge < -0.3 is 10.2 Å². The molecule has 5 rings (SSSR count). The van der Waals surface area contributed by atoms with Crippen molar-refractivity contribution >= 4 is 5.57 Å². The minimum Gasteiger partial charge on any atom is -0.390 e. The number of fused-ring (bicyclic) bond motifs is 5. The van der Waals surface area contributed by atoms with Gasteiger partial charge in [-0.3, -0.25) is 4.98 Å². The average molecular weight is 394 g/mol. The summed E-state index contributed by atoms with van der Waals surface area (Å²) in [5, 5.41) is 21.2. The number of hydrogen-bond acceptors (Lipinski definition) is 3. The number of aliphatic hydroxyl groups is 2. The number of nitrogens with zero attached hydrogens (tertiary/aromatic N) is 1. The molecular formula is C26H35NO2. The van der Waals surface area contributed by atoms with Gasteiger partial charge in [-0.25, -0.2) is 0 Å². The Balaban J connectivity index is 1.55. The van der Waals surface area contributed by atoms with Gasteiger partial charge in [-0.15, -0.1) is 0 Å². The number of rotatable bonds is 2. The van der Waals surface area contributed by atoms with Crippen LogP contribution in [0.1, 0.15) is 64.9 Å². The smallest absolute Gasteiger partial charge is 0.101 e. The number of pyridine rings is 1. The molecule has 3 nitrogen and oxygen atoms in total. The van der Waals surface area contributed by atoms with Gasteiger partial charge in [0.15, 0.2) is 0 Å². The molecule has 2 N–H and O–H groups in total. The maximum Gasteiger partial charge on any atom is 0.101 e. The third-order valence-electron chi connectivity index (χ3n) is 9.37. The van der Waals surface area contributed by atoms with E-state index in [0.29, 0.717) is 23.7 Å². The van der Waals surface area contributed by atoms with Crippen molar-refractivity contribution in [3.8, 4) is 0 Å². The third kappa shape index (κ3) is 2.66. The van der Waals surface area contributed by atoms with Crippen molar-refractivity contribution in [2.75, 3.05) is 0 Å². The van der Waals surface area contributed by atoms with Crippen LogP contribution in [0.5, 0.6) is 0 Å². The van der Waals surface area contributed by atoms with Crippen LogP contribution < -0.4 is 0 Å². The molecular weight excluding hydrogens is 358 g/mol. The molecule has 4 aliphatic carbocycles. The molecule has 3 heteroatoms. The number of aromatic nitrogens is 1. The summed E-state index contributed by atoms with van der Waals surface area (Å²) < 4.78 is 0. The Hall–Kier alpha value is -1.45. The van der Waals surface area contributed by atoms with Gasteiger partial charge in [-0.2, -0.15) is 0 Å². The zero-order chi connectivity index (χ0) is 20.4. The quantitative estimate of drug-likeness (QED) is 0.695. The molecule has 4 aliphatic rings. The van der Waals surface area contributed by atoms with E-state index in [1.54, 1.807) is 0 Å². The van der Waals surface area contributed by atoms with Gasteiger partial charge in [-0.05, 0) is 95.8 Å². The summed E-state index contributed by atoms with van der Waals surface area (Å²) in [4.78, 5) is 4.39. The van der Waals surface area contributed by atoms with Gasteiger partial charge in [0.1, 0.15) is 6.10 Å². The Morgan fingerprint density at radius 3 is 2.62 bits per heavy atom. The summed E-state index contributed by atoms with van der Waals surface area (Å²) in [5.41, 5.74) is 4.19. The van der Waals surface area contributed by atoms with Crippen molar-refractivity contribution in [3.05, 3.63) is 47.8 Å². The van der Waals surface area contributed by atoms with E-state index in [9.17, 15) is 10.2 Å². The van der Waals surface area contributed by atoms with Crippen LogP contribution in [0.2, 0.25) is 0 Å². The molecule has 2 fully saturated rings. The van der Waals surface area contributed by atoms with E-state index in [1.807, 2.05) is 12.4 Å². The first kappa shape index (κ1) is 19.5. The first-order valence-corrected chi connectivity index (χ1v) is 11.6. The highest BCUT2D eigenvalue weighted by molar-refractivity contribution is 5.72. The van der Waals surface area contributed by atoms with E-state index >= 15 is 0 Å². The number of hydrogen-bond donors (Lipinski definition) is 2. The van der Waals surface area contributed by atoms with Gasteiger partial charge in [0, 0.05) is 12.4 Å². The highest BCUT2D eigenvalue weighted by Gasteiger charge is 2.60. The lowest BCUT2D eigenvalue weighted by Crippen LogP contribution is -2.55. The molecule has 0 saturated heterocycles. The topological polar surface area (TPSA) is 53.4 Å². The second kappa shape index (κ2) is 6.78. The molecule has 8 atom stereocenters. The van der Waals surface area contributed by atoms with E-state index < -0.39 is 12.2 Å². The maximum atomic E-state index is 10.8. The van der Waals surface area contributed by atoms with Crippen LogP contribution in [0.4, 0.5) is 0 Å². The Labute approximate surface area is 175 Å². The molecule has 29 heavy (non-hydrogen) atoms. The van der Waals surface area contributed by atoms with Gasteiger partial charge in [0.05, 0.1) is 6.10 Å². The summed E-state index contributed by atoms with van der Waals surface area (Å²) in [6.45, 7) is 7.17. The lowest BCUT2D eigenvalue weighted by Gasteiger charge is -2.60. The lowest BCUT2D eigenvalue weighted by molar-refractivity contribution is -0.0769. The Morgan fingerprint density at radius 2 is 1.90 bits per heavy atom. The monoisotopic (exact) mass is 393 g/mol. The number of aliphatic hydroxyl groups excluding tert-OH is 2. The Kier molecular flexibility index (Phi) is 4.56. The SMILES string of the molecule is CCC1C=C2C(O)C(O)CC[C@]2(C)[C@@H]2CC[C@]3(C)C(c4cccnc4)=CC[C@H]3[C@H]12. The summed E-state index contributed by atoms with van der Waals surface area (Å²) >= 11 is 0. The van der Waals surface area contributed by atoms with Crippen molar-refractivity contribution in [1.29, 1.82) is 0 Å². The fraction of sp³-hybridized carbons (Fsp3) is 0.654. The molecule has 1 heterocycles. The van der Waals surface area contributed by atoms with E-state index in [4.69, 9.17) is 0 Å². The third-order valence-corrected chi connectivity index (χ3v) is 9.37. The lowest BCUT2D eigenvalue weighted by atomic mass is 9.44. The van der Waals surface area contributed by atoms with E-state index in [1.165, 1.54) is 24.0 Å². The fourth-order valence-corrected chi connectivity index (χ4v) is 7.79. The summed E-state index contributed by atoms with van der Waals surface area (Å²) in [7, 11) is 0. The van der Waals surface area contributed by atoms with Gasteiger partial charge in [-0.1, -0.05) is 39.0 Å². The summed E-state index contributed by atoms with van der Waals surface area (Å²) in [5.74, 6) is 2.41. The fourth-order valence-electron chi connectivity index (χ4n) is 7.79. The molecule has 0 spiro atoms. The van der Waals surface area contributed by atoms with E-state index in [2.05, 4.69) is 50.0 Å². The second-order valence-electron chi connectivity index (χ2n) is 10.5. The molecule has 0 bridgehead atoms. The predicted molar refractivity (Wildman–Crippen MR) is 116 cm³/mol. The maximum absolute atomic E-state index is 10.8. The van der Waals surface area contributed by atoms with Crippen molar-refractivity contribution in [2.45, 2.75) is 71.5 Å². The number of allylic oxidation sites excluding steroid dienone is 3. The van der Waals surface area contributed by atoms with Crippen molar-refractivity contribution in [2.24, 2.45) is 34.5 Å². The van der Waals surface area contributed by atoms with Crippen molar-refractivity contribution in [3.63, 3.8) is 0 Å². The molecule has 1 aromatic rings. The molecule has 3 unspecified atom stereocenters. The highest BCUT2D eigenvalue weighted by atomic mass is 16.3. The second-order valence-corrected chi connectivity index (χ2v) is 10.5. The summed E-state index contributed by atoms with van der Waals surface area (Å²) in [6.07, 6.45) is 13.9. The molecule has 0 radical (unpaired) electrons. The van der Waals surface area contributed by atoms with Crippen LogP contribution in [0.25, 0.3) is 5.57 Å². The highest BCUT2D eigenvalue weighted by Crippen LogP contribution is 2.67. The van der Waals surface area contributed by atoms with Crippen molar-refractivity contribution in [1.82, 2.24) is 4.98 Å². The standard InChI is InChI=1S/C26H35NO2/c1-4-16-14-21-24(29)22(28)10-12-26(21,3)20-9-11-25(2)18(7-8-19(25)23(16)20)17-6-5-13-27-15-17/h5-7,13-16,19-20,22-24,28-29H,4,8-12H2,1-3H3/t16?,19-,20+,22?,23-,24?,25+,26+/m0/s1. The van der Waals surface area contributed by atoms with Crippen LogP contribution in [0, 0.1) is 34.5 Å². The van der Waals surface area contributed by atoms with Gasteiger partial charge >= 0.3 is 0 Å². The summed E-state index contributed by atoms with van der Waals surface area (Å²) in [6, 6.07) is 4.27. The molecule has 0 aromatic carbocycles. The van der Waals surface area contributed by atoms with Crippen LogP contribution in [0.3, 0.4) is 0 Å². The van der Waals surface area contributed by atoms with Crippen LogP contribution in [0.15, 0.2) is 42.3 Å². The normalized spacial score (nSPS) is 46.2. The van der Waals surface area contributed by atoms with Crippen LogP contribution in [-0.4, -0.2) is 27.4 Å². The minimum atomic E-state index is -0.676. The predicted octanol–water partition coefficient (Wildman–Crippen LogP) is 5.01. The first-order valence-electron chi connectivity index (χ1n) is 11.6. The zero-order valence-corrected chi connectivity index (χ0v) is 18.0. The molecule has 156 valence electrons. The Bertz CT molecular complexity index is 846. The minimum absolute atomic E-state index is 0.0351. The molecule has 0 amide bonds. The zero-order valence-electron chi connectivity index (χ0n) is 18.0. The molecule has 0 aliphatic heterocycles.